The Bertz CT molecular complexity index is 215. The fourth-order valence-corrected chi connectivity index (χ4v) is 2.87. The van der Waals surface area contributed by atoms with Gasteiger partial charge in [0, 0.05) is 25.4 Å². The van der Waals surface area contributed by atoms with Gasteiger partial charge in [-0.1, -0.05) is 6.92 Å². The maximum absolute atomic E-state index is 11.9. The third-order valence-electron chi connectivity index (χ3n) is 3.41. The SMILES string of the molecule is CC1CCC(N(C)C(=O)CSCCN)CC1. The third-order valence-corrected chi connectivity index (χ3v) is 4.39. The molecular weight excluding hydrogens is 220 g/mol. The van der Waals surface area contributed by atoms with Gasteiger partial charge in [-0.3, -0.25) is 4.79 Å². The second kappa shape index (κ2) is 7.17. The van der Waals surface area contributed by atoms with Crippen molar-refractivity contribution in [3.05, 3.63) is 0 Å². The van der Waals surface area contributed by atoms with Crippen molar-refractivity contribution in [1.29, 1.82) is 0 Å². The van der Waals surface area contributed by atoms with Crippen LogP contribution in [0.25, 0.3) is 0 Å². The van der Waals surface area contributed by atoms with Crippen molar-refractivity contribution >= 4 is 17.7 Å². The Morgan fingerprint density at radius 1 is 1.38 bits per heavy atom. The highest BCUT2D eigenvalue weighted by Gasteiger charge is 2.24. The van der Waals surface area contributed by atoms with Crippen LogP contribution in [0.4, 0.5) is 0 Å². The third kappa shape index (κ3) is 4.34. The average Bonchev–Trinajstić information content (AvgIpc) is 2.29. The molecule has 0 radical (unpaired) electrons. The van der Waals surface area contributed by atoms with Crippen LogP contribution in [0.3, 0.4) is 0 Å². The molecule has 0 bridgehead atoms. The van der Waals surface area contributed by atoms with E-state index in [-0.39, 0.29) is 5.91 Å². The summed E-state index contributed by atoms with van der Waals surface area (Å²) in [5, 5.41) is 0. The van der Waals surface area contributed by atoms with Gasteiger partial charge < -0.3 is 10.6 Å². The van der Waals surface area contributed by atoms with Gasteiger partial charge in [-0.25, -0.2) is 0 Å². The molecule has 0 unspecified atom stereocenters. The Morgan fingerprint density at radius 2 is 2.00 bits per heavy atom. The number of thioether (sulfide) groups is 1. The van der Waals surface area contributed by atoms with Gasteiger partial charge in [-0.05, 0) is 31.6 Å². The molecule has 1 aliphatic carbocycles. The second-order valence-electron chi connectivity index (χ2n) is 4.76. The molecule has 1 amide bonds. The Hall–Kier alpha value is -0.220. The van der Waals surface area contributed by atoms with E-state index in [1.165, 1.54) is 25.7 Å². The molecule has 1 rings (SSSR count). The number of hydrogen-bond donors (Lipinski definition) is 1. The number of rotatable bonds is 5. The Kier molecular flexibility index (Phi) is 6.21. The first-order valence-corrected chi connectivity index (χ1v) is 7.34. The van der Waals surface area contributed by atoms with E-state index in [0.717, 1.165) is 11.7 Å². The lowest BCUT2D eigenvalue weighted by Crippen LogP contribution is -2.40. The number of nitrogens with zero attached hydrogens (tertiary/aromatic N) is 1. The number of nitrogens with two attached hydrogens (primary N) is 1. The smallest absolute Gasteiger partial charge is 0.232 e. The minimum absolute atomic E-state index is 0.262. The zero-order chi connectivity index (χ0) is 12.0. The molecule has 0 heterocycles. The van der Waals surface area contributed by atoms with Crippen molar-refractivity contribution < 1.29 is 4.79 Å². The lowest BCUT2D eigenvalue weighted by Gasteiger charge is -2.33. The topological polar surface area (TPSA) is 46.3 Å². The van der Waals surface area contributed by atoms with Crippen LogP contribution in [0.1, 0.15) is 32.6 Å². The number of carbonyl (C=O) groups is 1. The summed E-state index contributed by atoms with van der Waals surface area (Å²) < 4.78 is 0. The van der Waals surface area contributed by atoms with E-state index in [9.17, 15) is 4.79 Å². The fraction of sp³-hybridized carbons (Fsp3) is 0.917. The zero-order valence-corrected chi connectivity index (χ0v) is 11.3. The van der Waals surface area contributed by atoms with Crippen LogP contribution in [-0.4, -0.2) is 41.9 Å². The molecule has 0 aromatic rings. The summed E-state index contributed by atoms with van der Waals surface area (Å²) >= 11 is 1.64. The van der Waals surface area contributed by atoms with E-state index in [1.54, 1.807) is 11.8 Å². The molecule has 1 saturated carbocycles. The van der Waals surface area contributed by atoms with Gasteiger partial charge in [-0.15, -0.1) is 0 Å². The average molecular weight is 244 g/mol. The Labute approximate surface area is 103 Å². The van der Waals surface area contributed by atoms with E-state index < -0.39 is 0 Å². The van der Waals surface area contributed by atoms with Crippen LogP contribution in [0.2, 0.25) is 0 Å². The van der Waals surface area contributed by atoms with Gasteiger partial charge in [0.05, 0.1) is 5.75 Å². The molecule has 1 aliphatic rings. The molecule has 4 heteroatoms. The molecule has 94 valence electrons. The van der Waals surface area contributed by atoms with Crippen LogP contribution < -0.4 is 5.73 Å². The fourth-order valence-electron chi connectivity index (χ4n) is 2.18. The van der Waals surface area contributed by atoms with Crippen molar-refractivity contribution in [2.75, 3.05) is 25.1 Å². The first-order chi connectivity index (χ1) is 7.65. The highest BCUT2D eigenvalue weighted by Crippen LogP contribution is 2.26. The predicted octanol–water partition coefficient (Wildman–Crippen LogP) is 1.72. The van der Waals surface area contributed by atoms with Crippen molar-refractivity contribution in [1.82, 2.24) is 4.90 Å². The highest BCUT2D eigenvalue weighted by molar-refractivity contribution is 7.99. The molecule has 16 heavy (non-hydrogen) atoms. The van der Waals surface area contributed by atoms with Gasteiger partial charge in [-0.2, -0.15) is 11.8 Å². The summed E-state index contributed by atoms with van der Waals surface area (Å²) in [5.74, 6) is 2.56. The molecule has 3 nitrogen and oxygen atoms in total. The monoisotopic (exact) mass is 244 g/mol. The van der Waals surface area contributed by atoms with E-state index in [4.69, 9.17) is 5.73 Å². The molecule has 2 N–H and O–H groups in total. The van der Waals surface area contributed by atoms with Gasteiger partial charge >= 0.3 is 0 Å². The number of carbonyl (C=O) groups excluding carboxylic acids is 1. The van der Waals surface area contributed by atoms with Gasteiger partial charge in [0.1, 0.15) is 0 Å². The van der Waals surface area contributed by atoms with E-state index >= 15 is 0 Å². The summed E-state index contributed by atoms with van der Waals surface area (Å²) in [4.78, 5) is 13.8. The van der Waals surface area contributed by atoms with Crippen LogP contribution in [0, 0.1) is 5.92 Å². The highest BCUT2D eigenvalue weighted by atomic mass is 32.2. The maximum Gasteiger partial charge on any atom is 0.232 e. The molecule has 0 spiro atoms. The van der Waals surface area contributed by atoms with Crippen LogP contribution in [0.5, 0.6) is 0 Å². The largest absolute Gasteiger partial charge is 0.342 e. The standard InChI is InChI=1S/C12H24N2OS/c1-10-3-5-11(6-4-10)14(2)12(15)9-16-8-7-13/h10-11H,3-9,13H2,1-2H3. The predicted molar refractivity (Wildman–Crippen MR) is 70.6 cm³/mol. The normalized spacial score (nSPS) is 25.4. The summed E-state index contributed by atoms with van der Waals surface area (Å²) in [6.45, 7) is 2.96. The van der Waals surface area contributed by atoms with E-state index in [1.807, 2.05) is 11.9 Å². The van der Waals surface area contributed by atoms with Gasteiger partial charge in [0.25, 0.3) is 0 Å². The Morgan fingerprint density at radius 3 is 2.56 bits per heavy atom. The lowest BCUT2D eigenvalue weighted by molar-refractivity contribution is -0.129. The summed E-state index contributed by atoms with van der Waals surface area (Å²) in [6, 6.07) is 0.474. The van der Waals surface area contributed by atoms with Crippen molar-refractivity contribution in [3.63, 3.8) is 0 Å². The first kappa shape index (κ1) is 13.8. The molecular formula is C12H24N2OS. The van der Waals surface area contributed by atoms with Crippen molar-refractivity contribution in [2.24, 2.45) is 11.7 Å². The molecule has 0 saturated heterocycles. The summed E-state index contributed by atoms with van der Waals surface area (Å²) in [7, 11) is 1.95. The Balaban J connectivity index is 2.27. The summed E-state index contributed by atoms with van der Waals surface area (Å²) in [6.07, 6.45) is 4.87. The van der Waals surface area contributed by atoms with E-state index in [2.05, 4.69) is 6.92 Å². The first-order valence-electron chi connectivity index (χ1n) is 6.18. The molecule has 1 fully saturated rings. The van der Waals surface area contributed by atoms with Crippen molar-refractivity contribution in [3.8, 4) is 0 Å². The lowest BCUT2D eigenvalue weighted by atomic mass is 9.87. The van der Waals surface area contributed by atoms with Crippen LogP contribution in [0.15, 0.2) is 0 Å². The van der Waals surface area contributed by atoms with Crippen molar-refractivity contribution in [2.45, 2.75) is 38.6 Å². The quantitative estimate of drug-likeness (QED) is 0.749. The molecule has 0 aromatic carbocycles. The minimum atomic E-state index is 0.262. The summed E-state index contributed by atoms with van der Waals surface area (Å²) in [5.41, 5.74) is 5.40. The molecule has 0 aromatic heterocycles. The van der Waals surface area contributed by atoms with Gasteiger partial charge in [0.2, 0.25) is 5.91 Å². The number of amides is 1. The second-order valence-corrected chi connectivity index (χ2v) is 5.86. The zero-order valence-electron chi connectivity index (χ0n) is 10.4. The van der Waals surface area contributed by atoms with Crippen LogP contribution in [-0.2, 0) is 4.79 Å². The van der Waals surface area contributed by atoms with Crippen LogP contribution >= 0.6 is 11.8 Å². The molecule has 0 atom stereocenters. The number of hydrogen-bond acceptors (Lipinski definition) is 3. The van der Waals surface area contributed by atoms with E-state index in [0.29, 0.717) is 18.3 Å². The minimum Gasteiger partial charge on any atom is -0.342 e. The van der Waals surface area contributed by atoms with Gasteiger partial charge in [0.15, 0.2) is 0 Å². The maximum atomic E-state index is 11.9. The molecule has 0 aliphatic heterocycles.